The van der Waals surface area contributed by atoms with E-state index < -0.39 is 17.6 Å². The molecule has 1 aromatic carbocycles. The van der Waals surface area contributed by atoms with Crippen LogP contribution < -0.4 is 0 Å². The Morgan fingerprint density at radius 3 is 2.40 bits per heavy atom. The highest BCUT2D eigenvalue weighted by atomic mass is 79.9. The Bertz CT molecular complexity index is 333. The van der Waals surface area contributed by atoms with E-state index in [1.54, 1.807) is 0 Å². The molecule has 0 atom stereocenters. The first-order valence-corrected chi connectivity index (χ1v) is 5.49. The Labute approximate surface area is 93.4 Å². The second-order valence-corrected chi connectivity index (χ2v) is 3.89. The van der Waals surface area contributed by atoms with E-state index >= 15 is 0 Å². The molecule has 0 fully saturated rings. The lowest BCUT2D eigenvalue weighted by atomic mass is 10.1. The molecule has 0 aliphatic heterocycles. The van der Waals surface area contributed by atoms with Crippen molar-refractivity contribution in [3.8, 4) is 0 Å². The molecule has 0 aliphatic rings. The predicted octanol–water partition coefficient (Wildman–Crippen LogP) is 4.17. The van der Waals surface area contributed by atoms with Crippen LogP contribution in [0.5, 0.6) is 0 Å². The number of hydrogen-bond donors (Lipinski definition) is 0. The second kappa shape index (κ2) is 4.96. The molecule has 0 N–H and O–H groups in total. The maximum atomic E-state index is 13.1. The first-order valence-electron chi connectivity index (χ1n) is 4.36. The molecular formula is C10H9BrF4. The van der Waals surface area contributed by atoms with Gasteiger partial charge >= 0.3 is 6.18 Å². The van der Waals surface area contributed by atoms with Gasteiger partial charge in [-0.3, -0.25) is 0 Å². The summed E-state index contributed by atoms with van der Waals surface area (Å²) in [5.41, 5.74) is -0.683. The summed E-state index contributed by atoms with van der Waals surface area (Å²) >= 11 is 3.14. The zero-order valence-corrected chi connectivity index (χ0v) is 9.33. The van der Waals surface area contributed by atoms with Crippen molar-refractivity contribution in [1.82, 2.24) is 0 Å². The van der Waals surface area contributed by atoms with Crippen molar-refractivity contribution < 1.29 is 17.6 Å². The molecule has 0 nitrogen and oxygen atoms in total. The van der Waals surface area contributed by atoms with Crippen LogP contribution in [0.15, 0.2) is 18.2 Å². The summed E-state index contributed by atoms with van der Waals surface area (Å²) in [4.78, 5) is 0. The van der Waals surface area contributed by atoms with Crippen LogP contribution in [-0.2, 0) is 12.6 Å². The van der Waals surface area contributed by atoms with E-state index in [9.17, 15) is 17.6 Å². The molecule has 84 valence electrons. The maximum Gasteiger partial charge on any atom is 0.416 e. The Morgan fingerprint density at radius 1 is 1.20 bits per heavy atom. The van der Waals surface area contributed by atoms with E-state index in [0.29, 0.717) is 18.2 Å². The highest BCUT2D eigenvalue weighted by molar-refractivity contribution is 9.09. The standard InChI is InChI=1S/C10H9BrF4/c11-5-1-2-7-6-8(10(13,14)15)3-4-9(7)12/h3-4,6H,1-2,5H2. The normalized spacial score (nSPS) is 11.8. The Hall–Kier alpha value is -0.580. The second-order valence-electron chi connectivity index (χ2n) is 3.10. The lowest BCUT2D eigenvalue weighted by molar-refractivity contribution is -0.137. The van der Waals surface area contributed by atoms with Crippen LogP contribution in [0.25, 0.3) is 0 Å². The fraction of sp³-hybridized carbons (Fsp3) is 0.400. The highest BCUT2D eigenvalue weighted by Gasteiger charge is 2.30. The van der Waals surface area contributed by atoms with Gasteiger partial charge in [-0.2, -0.15) is 13.2 Å². The molecule has 0 saturated carbocycles. The third-order valence-electron chi connectivity index (χ3n) is 1.95. The molecule has 0 amide bonds. The van der Waals surface area contributed by atoms with Crippen molar-refractivity contribution in [2.75, 3.05) is 5.33 Å². The van der Waals surface area contributed by atoms with Crippen molar-refractivity contribution in [3.05, 3.63) is 35.1 Å². The first kappa shape index (κ1) is 12.5. The van der Waals surface area contributed by atoms with Crippen LogP contribution in [0.3, 0.4) is 0 Å². The summed E-state index contributed by atoms with van der Waals surface area (Å²) in [5.74, 6) is -0.580. The first-order chi connectivity index (χ1) is 6.95. The Kier molecular flexibility index (Phi) is 4.13. The van der Waals surface area contributed by atoms with Gasteiger partial charge in [0.1, 0.15) is 5.82 Å². The number of hydrogen-bond acceptors (Lipinski definition) is 0. The van der Waals surface area contributed by atoms with Gasteiger partial charge in [0.15, 0.2) is 0 Å². The summed E-state index contributed by atoms with van der Waals surface area (Å²) in [6.45, 7) is 0. The minimum atomic E-state index is -4.41. The SMILES string of the molecule is Fc1ccc(C(F)(F)F)cc1CCCBr. The average molecular weight is 285 g/mol. The van der Waals surface area contributed by atoms with Crippen molar-refractivity contribution in [3.63, 3.8) is 0 Å². The fourth-order valence-electron chi connectivity index (χ4n) is 1.20. The molecule has 0 spiro atoms. The molecule has 1 rings (SSSR count). The van der Waals surface area contributed by atoms with Gasteiger partial charge in [0, 0.05) is 5.33 Å². The van der Waals surface area contributed by atoms with Crippen LogP contribution in [0, 0.1) is 5.82 Å². The average Bonchev–Trinajstić information content (AvgIpc) is 2.15. The quantitative estimate of drug-likeness (QED) is 0.577. The zero-order valence-electron chi connectivity index (χ0n) is 7.74. The topological polar surface area (TPSA) is 0 Å². The minimum Gasteiger partial charge on any atom is -0.207 e. The molecule has 0 radical (unpaired) electrons. The van der Waals surface area contributed by atoms with Crippen molar-refractivity contribution in [1.29, 1.82) is 0 Å². The summed E-state index contributed by atoms with van der Waals surface area (Å²) in [6, 6.07) is 2.50. The minimum absolute atomic E-state index is 0.115. The van der Waals surface area contributed by atoms with E-state index in [1.165, 1.54) is 0 Å². The molecule has 5 heteroatoms. The van der Waals surface area contributed by atoms with E-state index in [1.807, 2.05) is 0 Å². The largest absolute Gasteiger partial charge is 0.416 e. The molecule has 0 aliphatic carbocycles. The smallest absolute Gasteiger partial charge is 0.207 e. The highest BCUT2D eigenvalue weighted by Crippen LogP contribution is 2.30. The number of aryl methyl sites for hydroxylation is 1. The Balaban J connectivity index is 2.95. The molecule has 0 saturated heterocycles. The van der Waals surface area contributed by atoms with E-state index in [-0.39, 0.29) is 5.56 Å². The lowest BCUT2D eigenvalue weighted by Gasteiger charge is -2.09. The van der Waals surface area contributed by atoms with Gasteiger partial charge < -0.3 is 0 Å². The third-order valence-corrected chi connectivity index (χ3v) is 2.51. The third kappa shape index (κ3) is 3.48. The van der Waals surface area contributed by atoms with Crippen LogP contribution in [0.4, 0.5) is 17.6 Å². The van der Waals surface area contributed by atoms with Crippen molar-refractivity contribution >= 4 is 15.9 Å². The number of benzene rings is 1. The zero-order chi connectivity index (χ0) is 11.5. The van der Waals surface area contributed by atoms with Gasteiger partial charge in [-0.25, -0.2) is 4.39 Å². The van der Waals surface area contributed by atoms with Crippen LogP contribution in [-0.4, -0.2) is 5.33 Å². The van der Waals surface area contributed by atoms with Crippen molar-refractivity contribution in [2.24, 2.45) is 0 Å². The molecule has 1 aromatic rings. The van der Waals surface area contributed by atoms with Gasteiger partial charge in [0.2, 0.25) is 0 Å². The fourth-order valence-corrected chi connectivity index (χ4v) is 1.48. The van der Waals surface area contributed by atoms with Gasteiger partial charge in [0.05, 0.1) is 5.56 Å². The summed E-state index contributed by atoms with van der Waals surface area (Å²) < 4.78 is 50.0. The molecular weight excluding hydrogens is 276 g/mol. The van der Waals surface area contributed by atoms with Crippen molar-refractivity contribution in [2.45, 2.75) is 19.0 Å². The van der Waals surface area contributed by atoms with Crippen LogP contribution >= 0.6 is 15.9 Å². The number of alkyl halides is 4. The van der Waals surface area contributed by atoms with Gasteiger partial charge in [-0.05, 0) is 36.6 Å². The Morgan fingerprint density at radius 2 is 1.87 bits per heavy atom. The summed E-state index contributed by atoms with van der Waals surface area (Å²) in [5, 5.41) is 0.642. The van der Waals surface area contributed by atoms with Crippen LogP contribution in [0.1, 0.15) is 17.5 Å². The molecule has 0 bridgehead atoms. The van der Waals surface area contributed by atoms with Gasteiger partial charge in [0.25, 0.3) is 0 Å². The number of halogens is 5. The molecule has 0 heterocycles. The summed E-state index contributed by atoms with van der Waals surface area (Å²) in [7, 11) is 0. The molecule has 0 aromatic heterocycles. The molecule has 0 unspecified atom stereocenters. The molecule has 15 heavy (non-hydrogen) atoms. The lowest BCUT2D eigenvalue weighted by Crippen LogP contribution is -2.06. The van der Waals surface area contributed by atoms with E-state index in [0.717, 1.165) is 18.2 Å². The maximum absolute atomic E-state index is 13.1. The number of rotatable bonds is 3. The van der Waals surface area contributed by atoms with Gasteiger partial charge in [-0.15, -0.1) is 0 Å². The monoisotopic (exact) mass is 284 g/mol. The predicted molar refractivity (Wildman–Crippen MR) is 53.5 cm³/mol. The van der Waals surface area contributed by atoms with E-state index in [2.05, 4.69) is 15.9 Å². The van der Waals surface area contributed by atoms with Crippen LogP contribution in [0.2, 0.25) is 0 Å². The summed E-state index contributed by atoms with van der Waals surface area (Å²) in [6.07, 6.45) is -3.49. The van der Waals surface area contributed by atoms with Gasteiger partial charge in [-0.1, -0.05) is 15.9 Å². The van der Waals surface area contributed by atoms with E-state index in [4.69, 9.17) is 0 Å².